The van der Waals surface area contributed by atoms with Crippen LogP contribution in [0.5, 0.6) is 0 Å². The summed E-state index contributed by atoms with van der Waals surface area (Å²) in [6, 6.07) is 0. The molecule has 0 rings (SSSR count). The van der Waals surface area contributed by atoms with E-state index >= 15 is 0 Å². The number of alkyl halides is 6. The van der Waals surface area contributed by atoms with E-state index in [0.717, 1.165) is 11.8 Å². The zero-order valence-electron chi connectivity index (χ0n) is 12.4. The van der Waals surface area contributed by atoms with Crippen molar-refractivity contribution >= 4 is 36.3 Å². The second-order valence-electron chi connectivity index (χ2n) is 3.73. The van der Waals surface area contributed by atoms with E-state index in [1.165, 1.54) is 0 Å². The maximum Gasteiger partial charge on any atom is 0.409 e. The van der Waals surface area contributed by atoms with E-state index in [0.29, 0.717) is 5.75 Å². The summed E-state index contributed by atoms with van der Waals surface area (Å²) in [6.45, 7) is 2.51. The van der Waals surface area contributed by atoms with Gasteiger partial charge >= 0.3 is 24.3 Å². The van der Waals surface area contributed by atoms with Gasteiger partial charge < -0.3 is 10.2 Å². The molecule has 0 unspecified atom stereocenters. The predicted molar refractivity (Wildman–Crippen MR) is 82.6 cm³/mol. The molecule has 0 atom stereocenters. The van der Waals surface area contributed by atoms with Gasteiger partial charge in [0.2, 0.25) is 0 Å². The van der Waals surface area contributed by atoms with Gasteiger partial charge in [0.25, 0.3) is 0 Å². The molecule has 0 fully saturated rings. The van der Waals surface area contributed by atoms with Gasteiger partial charge in [-0.25, -0.2) is 0 Å². The molecule has 12 heteroatoms. The molecule has 144 valence electrons. The van der Waals surface area contributed by atoms with Crippen LogP contribution >= 0.6 is 24.4 Å². The van der Waals surface area contributed by atoms with Crippen LogP contribution in [0.3, 0.4) is 0 Å². The van der Waals surface area contributed by atoms with Crippen molar-refractivity contribution in [1.82, 2.24) is 0 Å². The molecule has 0 saturated carbocycles. The molecule has 0 radical (unpaired) electrons. The molecule has 0 bridgehead atoms. The first-order chi connectivity index (χ1) is 10.7. The number of hydrogen-bond acceptors (Lipinski definition) is 4. The van der Waals surface area contributed by atoms with Crippen LogP contribution < -0.4 is 0 Å². The predicted octanol–water partition coefficient (Wildman–Crippen LogP) is 4.27. The van der Waals surface area contributed by atoms with Crippen molar-refractivity contribution in [1.29, 1.82) is 0 Å². The largest absolute Gasteiger partial charge is 0.481 e. The monoisotopic (exact) mass is 404 g/mol. The Balaban J connectivity index is -0.000000309. The van der Waals surface area contributed by atoms with E-state index in [9.17, 15) is 35.9 Å². The Morgan fingerprint density at radius 1 is 1.00 bits per heavy atom. The third-order valence-electron chi connectivity index (χ3n) is 1.55. The summed E-state index contributed by atoms with van der Waals surface area (Å²) in [6.07, 6.45) is -9.16. The van der Waals surface area contributed by atoms with Crippen molar-refractivity contribution in [2.45, 2.75) is 31.6 Å². The normalized spacial score (nSPS) is 10.6. The highest BCUT2D eigenvalue weighted by Gasteiger charge is 2.26. The minimum Gasteiger partial charge on any atom is -0.481 e. The Morgan fingerprint density at radius 3 is 1.62 bits per heavy atom. The molecule has 0 aromatic rings. The molecule has 0 heterocycles. The van der Waals surface area contributed by atoms with Gasteiger partial charge in [-0.1, -0.05) is 6.58 Å². The van der Waals surface area contributed by atoms with Crippen molar-refractivity contribution < 1.29 is 46.1 Å². The molecule has 2 N–H and O–H groups in total. The highest BCUT2D eigenvalue weighted by atomic mass is 32.2. The van der Waals surface area contributed by atoms with Crippen LogP contribution in [-0.4, -0.2) is 51.8 Å². The average molecular weight is 404 g/mol. The fourth-order valence-corrected chi connectivity index (χ4v) is 1.64. The van der Waals surface area contributed by atoms with Crippen LogP contribution in [0, 0.1) is 0 Å². The van der Waals surface area contributed by atoms with Gasteiger partial charge in [-0.15, -0.1) is 0 Å². The lowest BCUT2D eigenvalue weighted by Gasteiger charge is -2.04. The Labute approximate surface area is 144 Å². The number of rotatable bonds is 7. The minimum absolute atomic E-state index is 0.0588. The van der Waals surface area contributed by atoms with Gasteiger partial charge in [0.15, 0.2) is 0 Å². The Kier molecular flexibility index (Phi) is 17.9. The van der Waals surface area contributed by atoms with Crippen molar-refractivity contribution in [2.24, 2.45) is 0 Å². The topological polar surface area (TPSA) is 74.6 Å². The van der Waals surface area contributed by atoms with Gasteiger partial charge in [0.1, 0.15) is 0 Å². The van der Waals surface area contributed by atoms with Gasteiger partial charge in [0, 0.05) is 23.3 Å². The Hall–Kier alpha value is -1.04. The third-order valence-corrected chi connectivity index (χ3v) is 2.76. The summed E-state index contributed by atoms with van der Waals surface area (Å²) in [4.78, 5) is 19.5. The van der Waals surface area contributed by atoms with Crippen LogP contribution in [0.15, 0.2) is 12.7 Å². The highest BCUT2D eigenvalue weighted by molar-refractivity contribution is 7.99. The van der Waals surface area contributed by atoms with E-state index in [1.54, 1.807) is 0 Å². The van der Waals surface area contributed by atoms with Crippen LogP contribution in [0.25, 0.3) is 0 Å². The third kappa shape index (κ3) is 42.8. The first kappa shape index (κ1) is 27.8. The Morgan fingerprint density at radius 2 is 1.42 bits per heavy atom. The van der Waals surface area contributed by atoms with E-state index in [-0.39, 0.29) is 30.4 Å². The maximum atomic E-state index is 11.5. The molecule has 0 aliphatic heterocycles. The SMILES string of the molecule is C=CC(F)(F)F.O=C(O)CCS.O=C(O)CCSCCC(F)(F)F. The number of hydrogen-bond donors (Lipinski definition) is 3. The minimum atomic E-state index is -4.19. The lowest BCUT2D eigenvalue weighted by Crippen LogP contribution is -2.08. The van der Waals surface area contributed by atoms with E-state index in [1.807, 2.05) is 0 Å². The highest BCUT2D eigenvalue weighted by Crippen LogP contribution is 2.22. The lowest BCUT2D eigenvalue weighted by molar-refractivity contribution is -0.137. The molecule has 0 aromatic heterocycles. The van der Waals surface area contributed by atoms with Crippen molar-refractivity contribution in [3.8, 4) is 0 Å². The second kappa shape index (κ2) is 15.5. The number of carboxylic acids is 2. The first-order valence-corrected chi connectivity index (χ1v) is 7.93. The molecule has 0 aromatic carbocycles. The summed E-state index contributed by atoms with van der Waals surface area (Å²) in [5, 5.41) is 16.0. The van der Waals surface area contributed by atoms with Crippen LogP contribution in [-0.2, 0) is 9.59 Å². The maximum absolute atomic E-state index is 11.5. The van der Waals surface area contributed by atoms with Gasteiger partial charge in [-0.2, -0.15) is 50.7 Å². The zero-order valence-corrected chi connectivity index (χ0v) is 14.1. The number of allylic oxidation sites excluding steroid dienone is 1. The number of aliphatic carboxylic acids is 2. The summed E-state index contributed by atoms with van der Waals surface area (Å²) < 4.78 is 66.5. The van der Waals surface area contributed by atoms with Crippen molar-refractivity contribution in [2.75, 3.05) is 17.3 Å². The fourth-order valence-electron chi connectivity index (χ4n) is 0.545. The average Bonchev–Trinajstić information content (AvgIpc) is 2.37. The number of thioether (sulfide) groups is 1. The van der Waals surface area contributed by atoms with Crippen LogP contribution in [0.1, 0.15) is 19.3 Å². The van der Waals surface area contributed by atoms with Gasteiger partial charge in [-0.05, 0) is 0 Å². The molecule has 0 aliphatic carbocycles. The van der Waals surface area contributed by atoms with E-state index in [4.69, 9.17) is 10.2 Å². The molecule has 4 nitrogen and oxygen atoms in total. The van der Waals surface area contributed by atoms with Gasteiger partial charge in [-0.3, -0.25) is 9.59 Å². The van der Waals surface area contributed by atoms with Gasteiger partial charge in [0.05, 0.1) is 19.3 Å². The number of thiol groups is 1. The molecular weight excluding hydrogens is 386 g/mol. The van der Waals surface area contributed by atoms with Crippen molar-refractivity contribution in [3.63, 3.8) is 0 Å². The second-order valence-corrected chi connectivity index (χ2v) is 5.41. The number of carboxylic acid groups (broad SMARTS) is 2. The summed E-state index contributed by atoms with van der Waals surface area (Å²) in [5.74, 6) is -1.16. The van der Waals surface area contributed by atoms with Crippen molar-refractivity contribution in [3.05, 3.63) is 12.7 Å². The quantitative estimate of drug-likeness (QED) is 0.256. The summed E-state index contributed by atoms with van der Waals surface area (Å²) in [7, 11) is 0. The molecule has 24 heavy (non-hydrogen) atoms. The first-order valence-electron chi connectivity index (χ1n) is 6.14. The van der Waals surface area contributed by atoms with E-state index in [2.05, 4.69) is 19.2 Å². The van der Waals surface area contributed by atoms with Crippen LogP contribution in [0.4, 0.5) is 26.3 Å². The smallest absolute Gasteiger partial charge is 0.409 e. The molecule has 0 spiro atoms. The number of halogens is 6. The molecule has 0 amide bonds. The number of carbonyl (C=O) groups is 2. The van der Waals surface area contributed by atoms with E-state index < -0.39 is 30.7 Å². The lowest BCUT2D eigenvalue weighted by atomic mass is 10.5. The molecular formula is C12H18F6O4S2. The fraction of sp³-hybridized carbons (Fsp3) is 0.667. The van der Waals surface area contributed by atoms with Crippen LogP contribution in [0.2, 0.25) is 0 Å². The Bertz CT molecular complexity index is 358. The summed E-state index contributed by atoms with van der Waals surface area (Å²) in [5.41, 5.74) is 0. The summed E-state index contributed by atoms with van der Waals surface area (Å²) >= 11 is 4.69. The zero-order chi connectivity index (χ0) is 19.8. The molecule has 0 saturated heterocycles. The standard InChI is InChI=1S/C6H9F3O2S.C3H3F3.C3H6O2S/c7-6(8,9)2-4-12-3-1-5(10)11;1-2-3(4,5)6;4-3(5)1-2-6/h1-4H2,(H,10,11);2H,1H2;6H,1-2H2,(H,4,5). The molecule has 0 aliphatic rings.